The lowest BCUT2D eigenvalue weighted by Crippen LogP contribution is -2.36. The fourth-order valence-electron chi connectivity index (χ4n) is 3.65. The smallest absolute Gasteiger partial charge is 0.0630 e. The van der Waals surface area contributed by atoms with Crippen molar-refractivity contribution in [3.05, 3.63) is 18.0 Å². The van der Waals surface area contributed by atoms with Crippen LogP contribution < -0.4 is 5.32 Å². The van der Waals surface area contributed by atoms with Gasteiger partial charge in [0.1, 0.15) is 0 Å². The Morgan fingerprint density at radius 1 is 1.42 bits per heavy atom. The van der Waals surface area contributed by atoms with Crippen molar-refractivity contribution in [1.29, 1.82) is 0 Å². The Kier molecular flexibility index (Phi) is 3.66. The molecule has 1 aromatic rings. The molecule has 3 nitrogen and oxygen atoms in total. The second kappa shape index (κ2) is 5.28. The minimum atomic E-state index is 0.491. The number of aromatic nitrogens is 2. The maximum Gasteiger partial charge on any atom is 0.0630 e. The average Bonchev–Trinajstić information content (AvgIpc) is 2.82. The highest BCUT2D eigenvalue weighted by Gasteiger charge is 2.47. The van der Waals surface area contributed by atoms with Gasteiger partial charge in [-0.15, -0.1) is 0 Å². The van der Waals surface area contributed by atoms with E-state index in [9.17, 15) is 0 Å². The molecule has 0 amide bonds. The molecule has 1 aromatic heterocycles. The summed E-state index contributed by atoms with van der Waals surface area (Å²) in [4.78, 5) is 0. The molecule has 0 aliphatic heterocycles. The van der Waals surface area contributed by atoms with E-state index in [4.69, 9.17) is 5.10 Å². The zero-order valence-electron chi connectivity index (χ0n) is 12.4. The van der Waals surface area contributed by atoms with Crippen LogP contribution in [0.1, 0.15) is 64.1 Å². The minimum Gasteiger partial charge on any atom is -0.314 e. The third kappa shape index (κ3) is 2.71. The first-order valence-corrected chi connectivity index (χ1v) is 8.01. The van der Waals surface area contributed by atoms with E-state index >= 15 is 0 Å². The van der Waals surface area contributed by atoms with Crippen molar-refractivity contribution in [2.75, 3.05) is 6.54 Å². The second-order valence-corrected chi connectivity index (χ2v) is 6.54. The molecular weight excluding hydrogens is 234 g/mol. The Morgan fingerprint density at radius 2 is 2.16 bits per heavy atom. The van der Waals surface area contributed by atoms with Crippen LogP contribution in [0.5, 0.6) is 0 Å². The molecule has 1 unspecified atom stereocenters. The van der Waals surface area contributed by atoms with Gasteiger partial charge < -0.3 is 5.32 Å². The number of nitrogens with one attached hydrogen (secondary N) is 1. The van der Waals surface area contributed by atoms with Crippen LogP contribution >= 0.6 is 0 Å². The quantitative estimate of drug-likeness (QED) is 0.851. The second-order valence-electron chi connectivity index (χ2n) is 6.54. The van der Waals surface area contributed by atoms with Crippen molar-refractivity contribution in [1.82, 2.24) is 15.1 Å². The Morgan fingerprint density at radius 3 is 2.79 bits per heavy atom. The molecule has 0 bridgehead atoms. The van der Waals surface area contributed by atoms with Gasteiger partial charge in [0, 0.05) is 12.2 Å². The average molecular weight is 261 g/mol. The van der Waals surface area contributed by atoms with Gasteiger partial charge in [0.05, 0.1) is 11.7 Å². The summed E-state index contributed by atoms with van der Waals surface area (Å²) in [5.74, 6) is 0. The lowest BCUT2D eigenvalue weighted by atomic mass is 9.92. The van der Waals surface area contributed by atoms with Gasteiger partial charge in [-0.2, -0.15) is 5.10 Å². The molecule has 0 saturated heterocycles. The number of nitrogens with zero attached hydrogens (tertiary/aromatic N) is 2. The van der Waals surface area contributed by atoms with E-state index in [1.165, 1.54) is 44.2 Å². The Balaban J connectivity index is 1.63. The first-order valence-electron chi connectivity index (χ1n) is 8.01. The fraction of sp³-hybridized carbons (Fsp3) is 0.812. The van der Waals surface area contributed by atoms with Crippen molar-refractivity contribution in [3.63, 3.8) is 0 Å². The van der Waals surface area contributed by atoms with Crippen molar-refractivity contribution >= 4 is 0 Å². The van der Waals surface area contributed by atoms with Crippen LogP contribution in [0.4, 0.5) is 0 Å². The molecule has 1 atom stereocenters. The van der Waals surface area contributed by atoms with Crippen LogP contribution in [0.15, 0.2) is 12.3 Å². The molecule has 0 radical (unpaired) electrons. The maximum absolute atomic E-state index is 4.85. The maximum atomic E-state index is 4.85. The highest BCUT2D eigenvalue weighted by Crippen LogP contribution is 2.51. The molecule has 2 fully saturated rings. The zero-order chi connectivity index (χ0) is 13.3. The van der Waals surface area contributed by atoms with Crippen molar-refractivity contribution in [2.45, 2.75) is 70.9 Å². The molecule has 0 spiro atoms. The third-order valence-electron chi connectivity index (χ3n) is 5.22. The minimum absolute atomic E-state index is 0.491. The molecule has 2 saturated carbocycles. The van der Waals surface area contributed by atoms with Crippen LogP contribution in [0, 0.1) is 5.41 Å². The lowest BCUT2D eigenvalue weighted by Gasteiger charge is -2.23. The summed E-state index contributed by atoms with van der Waals surface area (Å²) < 4.78 is 2.23. The van der Waals surface area contributed by atoms with E-state index < -0.39 is 0 Å². The van der Waals surface area contributed by atoms with Crippen LogP contribution in [0.25, 0.3) is 0 Å². The zero-order valence-corrected chi connectivity index (χ0v) is 12.4. The summed E-state index contributed by atoms with van der Waals surface area (Å²) in [6, 6.07) is 3.54. The summed E-state index contributed by atoms with van der Waals surface area (Å²) >= 11 is 0. The number of rotatable bonds is 6. The highest BCUT2D eigenvalue weighted by atomic mass is 15.3. The van der Waals surface area contributed by atoms with E-state index in [1.54, 1.807) is 0 Å². The number of hydrogen-bond acceptors (Lipinski definition) is 2. The van der Waals surface area contributed by atoms with Crippen molar-refractivity contribution in [3.8, 4) is 0 Å². The van der Waals surface area contributed by atoms with Crippen LogP contribution in [0.3, 0.4) is 0 Å². The Bertz CT molecular complexity index is 413. The molecule has 1 N–H and O–H groups in total. The summed E-state index contributed by atoms with van der Waals surface area (Å²) in [6.45, 7) is 5.60. The molecule has 3 heteroatoms. The van der Waals surface area contributed by atoms with Crippen molar-refractivity contribution in [2.24, 2.45) is 5.41 Å². The van der Waals surface area contributed by atoms with E-state index in [0.29, 0.717) is 17.5 Å². The highest BCUT2D eigenvalue weighted by molar-refractivity contribution is 5.11. The van der Waals surface area contributed by atoms with Crippen LogP contribution in [0.2, 0.25) is 0 Å². The van der Waals surface area contributed by atoms with Gasteiger partial charge in [-0.05, 0) is 57.1 Å². The van der Waals surface area contributed by atoms with E-state index in [2.05, 4.69) is 36.1 Å². The standard InChI is InChI=1S/C16H27N3/c1-3-17-13(2)16(9-10-16)12-14-8-11-19(18-14)15-6-4-5-7-15/h8,11,13,15,17H,3-7,9-10,12H2,1-2H3. The van der Waals surface area contributed by atoms with Crippen molar-refractivity contribution < 1.29 is 0 Å². The first kappa shape index (κ1) is 13.2. The van der Waals surface area contributed by atoms with Gasteiger partial charge in [0.15, 0.2) is 0 Å². The SMILES string of the molecule is CCNC(C)C1(Cc2ccn(C3CCCC3)n2)CC1. The predicted octanol–water partition coefficient (Wildman–Crippen LogP) is 3.32. The fourth-order valence-corrected chi connectivity index (χ4v) is 3.65. The van der Waals surface area contributed by atoms with Gasteiger partial charge in [-0.1, -0.05) is 19.8 Å². The molecule has 2 aliphatic carbocycles. The molecule has 2 aliphatic rings. The Hall–Kier alpha value is -0.830. The number of hydrogen-bond donors (Lipinski definition) is 1. The lowest BCUT2D eigenvalue weighted by molar-refractivity contribution is 0.350. The summed E-state index contributed by atoms with van der Waals surface area (Å²) in [5.41, 5.74) is 1.79. The van der Waals surface area contributed by atoms with Gasteiger partial charge in [0.25, 0.3) is 0 Å². The van der Waals surface area contributed by atoms with Gasteiger partial charge in [-0.3, -0.25) is 4.68 Å². The van der Waals surface area contributed by atoms with Gasteiger partial charge in [-0.25, -0.2) is 0 Å². The van der Waals surface area contributed by atoms with Crippen LogP contribution in [-0.4, -0.2) is 22.4 Å². The van der Waals surface area contributed by atoms with E-state index in [1.807, 2.05) is 0 Å². The molecular formula is C16H27N3. The summed E-state index contributed by atoms with van der Waals surface area (Å²) in [5, 5.41) is 8.44. The third-order valence-corrected chi connectivity index (χ3v) is 5.22. The molecule has 3 rings (SSSR count). The van der Waals surface area contributed by atoms with Crippen LogP contribution in [-0.2, 0) is 6.42 Å². The normalized spacial score (nSPS) is 23.7. The molecule has 0 aromatic carbocycles. The molecule has 19 heavy (non-hydrogen) atoms. The summed E-state index contributed by atoms with van der Waals surface area (Å²) in [7, 11) is 0. The predicted molar refractivity (Wildman–Crippen MR) is 78.2 cm³/mol. The molecule has 106 valence electrons. The Labute approximate surface area is 116 Å². The van der Waals surface area contributed by atoms with Gasteiger partial charge in [0.2, 0.25) is 0 Å². The summed E-state index contributed by atoms with van der Waals surface area (Å²) in [6.07, 6.45) is 11.5. The van der Waals surface area contributed by atoms with E-state index in [0.717, 1.165) is 13.0 Å². The molecule has 1 heterocycles. The van der Waals surface area contributed by atoms with Gasteiger partial charge >= 0.3 is 0 Å². The topological polar surface area (TPSA) is 29.9 Å². The first-order chi connectivity index (χ1) is 9.23. The van der Waals surface area contributed by atoms with E-state index in [-0.39, 0.29) is 0 Å². The largest absolute Gasteiger partial charge is 0.314 e. The monoisotopic (exact) mass is 261 g/mol.